The highest BCUT2D eigenvalue weighted by molar-refractivity contribution is 5.71. The number of hydrogen-bond acceptors (Lipinski definition) is 6. The summed E-state index contributed by atoms with van der Waals surface area (Å²) in [6, 6.07) is 0. The van der Waals surface area contributed by atoms with Gasteiger partial charge in [-0.15, -0.1) is 0 Å². The normalized spacial score (nSPS) is 12.4. The van der Waals surface area contributed by atoms with Crippen molar-refractivity contribution >= 4 is 17.9 Å². The predicted molar refractivity (Wildman–Crippen MR) is 219 cm³/mol. The lowest BCUT2D eigenvalue weighted by Gasteiger charge is -2.18. The molecule has 0 radical (unpaired) electrons. The monoisotopic (exact) mass is 729 g/mol. The molecule has 0 bridgehead atoms. The van der Waals surface area contributed by atoms with Crippen molar-refractivity contribution < 1.29 is 28.6 Å². The molecule has 6 nitrogen and oxygen atoms in total. The lowest BCUT2D eigenvalue weighted by molar-refractivity contribution is -0.167. The summed E-state index contributed by atoms with van der Waals surface area (Å²) in [5.41, 5.74) is 0. The predicted octanol–water partition coefficient (Wildman–Crippen LogP) is 13.6. The summed E-state index contributed by atoms with van der Waals surface area (Å²) < 4.78 is 16.6. The Balaban J connectivity index is 4.38. The van der Waals surface area contributed by atoms with Crippen LogP contribution in [-0.4, -0.2) is 37.2 Å². The molecule has 0 aromatic heterocycles. The van der Waals surface area contributed by atoms with Crippen LogP contribution in [0.5, 0.6) is 0 Å². The minimum Gasteiger partial charge on any atom is -0.462 e. The van der Waals surface area contributed by atoms with Crippen LogP contribution in [0.25, 0.3) is 0 Å². The summed E-state index contributed by atoms with van der Waals surface area (Å²) in [4.78, 5) is 37.5. The number of carbonyl (C=O) groups is 3. The first-order valence-corrected chi connectivity index (χ1v) is 21.7. The van der Waals surface area contributed by atoms with Crippen molar-refractivity contribution in [1.29, 1.82) is 0 Å². The van der Waals surface area contributed by atoms with Crippen LogP contribution in [0.1, 0.15) is 207 Å². The highest BCUT2D eigenvalue weighted by Crippen LogP contribution is 2.13. The van der Waals surface area contributed by atoms with Crippen LogP contribution in [0.2, 0.25) is 0 Å². The van der Waals surface area contributed by atoms with Crippen LogP contribution in [0, 0.1) is 0 Å². The Morgan fingerprint density at radius 1 is 0.423 bits per heavy atom. The fourth-order valence-electron chi connectivity index (χ4n) is 5.82. The minimum absolute atomic E-state index is 0.0887. The van der Waals surface area contributed by atoms with Gasteiger partial charge in [0.25, 0.3) is 0 Å². The molecule has 0 amide bonds. The van der Waals surface area contributed by atoms with Gasteiger partial charge in [-0.2, -0.15) is 0 Å². The molecule has 0 N–H and O–H groups in total. The highest BCUT2D eigenvalue weighted by atomic mass is 16.6. The average molecular weight is 729 g/mol. The Bertz CT molecular complexity index is 933. The molecule has 1 unspecified atom stereocenters. The van der Waals surface area contributed by atoms with Gasteiger partial charge < -0.3 is 14.2 Å². The lowest BCUT2D eigenvalue weighted by atomic mass is 10.1. The van der Waals surface area contributed by atoms with Gasteiger partial charge in [0.2, 0.25) is 0 Å². The van der Waals surface area contributed by atoms with E-state index in [-0.39, 0.29) is 31.1 Å². The molecule has 300 valence electrons. The van der Waals surface area contributed by atoms with Crippen LogP contribution in [0.15, 0.2) is 48.6 Å². The Morgan fingerprint density at radius 2 is 0.808 bits per heavy atom. The van der Waals surface area contributed by atoms with E-state index in [0.717, 1.165) is 77.0 Å². The van der Waals surface area contributed by atoms with Gasteiger partial charge in [-0.25, -0.2) is 0 Å². The Labute approximate surface area is 320 Å². The summed E-state index contributed by atoms with van der Waals surface area (Å²) in [7, 11) is 0. The molecule has 0 aromatic rings. The average Bonchev–Trinajstić information content (AvgIpc) is 3.14. The molecule has 0 saturated carbocycles. The van der Waals surface area contributed by atoms with Crippen molar-refractivity contribution in [3.05, 3.63) is 48.6 Å². The van der Waals surface area contributed by atoms with Gasteiger partial charge in [0, 0.05) is 19.3 Å². The van der Waals surface area contributed by atoms with E-state index >= 15 is 0 Å². The second kappa shape index (κ2) is 41.1. The van der Waals surface area contributed by atoms with E-state index in [9.17, 15) is 14.4 Å². The number of carbonyl (C=O) groups excluding carboxylic acids is 3. The van der Waals surface area contributed by atoms with Crippen molar-refractivity contribution in [3.8, 4) is 0 Å². The fraction of sp³-hybridized carbons (Fsp3) is 0.761. The van der Waals surface area contributed by atoms with Gasteiger partial charge in [-0.1, -0.05) is 166 Å². The van der Waals surface area contributed by atoms with Gasteiger partial charge in [-0.05, 0) is 70.6 Å². The number of esters is 3. The van der Waals surface area contributed by atoms with E-state index in [4.69, 9.17) is 14.2 Å². The second-order valence-electron chi connectivity index (χ2n) is 14.3. The molecule has 6 heteroatoms. The molecule has 0 aliphatic rings. The van der Waals surface area contributed by atoms with Crippen molar-refractivity contribution in [1.82, 2.24) is 0 Å². The van der Waals surface area contributed by atoms with Crippen molar-refractivity contribution in [2.45, 2.75) is 213 Å². The zero-order valence-electron chi connectivity index (χ0n) is 34.1. The first-order chi connectivity index (χ1) is 25.5. The molecule has 0 fully saturated rings. The third kappa shape index (κ3) is 38.6. The van der Waals surface area contributed by atoms with E-state index in [2.05, 4.69) is 69.4 Å². The van der Waals surface area contributed by atoms with Gasteiger partial charge in [0.05, 0.1) is 0 Å². The van der Waals surface area contributed by atoms with E-state index in [1.807, 2.05) is 0 Å². The van der Waals surface area contributed by atoms with Crippen LogP contribution >= 0.6 is 0 Å². The maximum Gasteiger partial charge on any atom is 0.306 e. The molecule has 0 aromatic carbocycles. The standard InChI is InChI=1S/C46H80O6/c1-4-7-10-13-16-19-21-22-23-24-25-28-30-33-36-39-45(48)51-42-43(41-50-44(47)38-35-32-29-26-18-15-12-9-6-3)52-46(49)40-37-34-31-27-20-17-14-11-8-5-2/h9,12,16,18-19,21-22,26,43H,4-8,10-11,13-15,17,20,23-25,27-42H2,1-3H3/b12-9-,19-16-,22-21-,26-18-. The van der Waals surface area contributed by atoms with Crippen LogP contribution in [0.4, 0.5) is 0 Å². The first-order valence-electron chi connectivity index (χ1n) is 21.7. The van der Waals surface area contributed by atoms with E-state index in [1.54, 1.807) is 0 Å². The topological polar surface area (TPSA) is 78.9 Å². The zero-order chi connectivity index (χ0) is 38.0. The Hall–Kier alpha value is -2.63. The highest BCUT2D eigenvalue weighted by Gasteiger charge is 2.19. The Kier molecular flexibility index (Phi) is 39.1. The van der Waals surface area contributed by atoms with Crippen molar-refractivity contribution in [2.75, 3.05) is 13.2 Å². The number of rotatable bonds is 38. The number of hydrogen-bond donors (Lipinski definition) is 0. The quantitative estimate of drug-likeness (QED) is 0.0207. The van der Waals surface area contributed by atoms with Crippen LogP contribution in [0.3, 0.4) is 0 Å². The molecular weight excluding hydrogens is 649 g/mol. The third-order valence-electron chi connectivity index (χ3n) is 9.10. The van der Waals surface area contributed by atoms with E-state index in [0.29, 0.717) is 19.3 Å². The largest absolute Gasteiger partial charge is 0.462 e. The van der Waals surface area contributed by atoms with E-state index < -0.39 is 6.10 Å². The number of unbranched alkanes of at least 4 members (excludes halogenated alkanes) is 20. The first kappa shape index (κ1) is 49.4. The van der Waals surface area contributed by atoms with Crippen molar-refractivity contribution in [3.63, 3.8) is 0 Å². The minimum atomic E-state index is -0.784. The SMILES string of the molecule is CC/C=C\C/C=C\CCCCC(=O)OCC(COC(=O)CCCCCCCC/C=C\C=C/CCCCC)OC(=O)CCCCCCCCCCCC. The molecule has 52 heavy (non-hydrogen) atoms. The summed E-state index contributed by atoms with van der Waals surface area (Å²) in [6.45, 7) is 6.41. The molecule has 0 heterocycles. The second-order valence-corrected chi connectivity index (χ2v) is 14.3. The molecule has 0 saturated heterocycles. The molecule has 0 aliphatic heterocycles. The molecule has 0 aliphatic carbocycles. The van der Waals surface area contributed by atoms with Crippen LogP contribution in [-0.2, 0) is 28.6 Å². The molecule has 0 rings (SSSR count). The number of allylic oxidation sites excluding steroid dienone is 8. The van der Waals surface area contributed by atoms with Crippen molar-refractivity contribution in [2.24, 2.45) is 0 Å². The third-order valence-corrected chi connectivity index (χ3v) is 9.10. The summed E-state index contributed by atoms with van der Waals surface area (Å²) in [5.74, 6) is -0.942. The smallest absolute Gasteiger partial charge is 0.306 e. The maximum absolute atomic E-state index is 12.6. The molecule has 0 spiro atoms. The molecular formula is C46H80O6. The van der Waals surface area contributed by atoms with Crippen LogP contribution < -0.4 is 0 Å². The summed E-state index contributed by atoms with van der Waals surface area (Å²) in [5, 5.41) is 0. The fourth-order valence-corrected chi connectivity index (χ4v) is 5.82. The lowest BCUT2D eigenvalue weighted by Crippen LogP contribution is -2.30. The zero-order valence-corrected chi connectivity index (χ0v) is 34.1. The summed E-state index contributed by atoms with van der Waals surface area (Å²) >= 11 is 0. The van der Waals surface area contributed by atoms with Gasteiger partial charge in [0.15, 0.2) is 6.10 Å². The van der Waals surface area contributed by atoms with Gasteiger partial charge >= 0.3 is 17.9 Å². The maximum atomic E-state index is 12.6. The summed E-state index contributed by atoms with van der Waals surface area (Å²) in [6.07, 6.45) is 46.7. The van der Waals surface area contributed by atoms with Gasteiger partial charge in [0.1, 0.15) is 13.2 Å². The van der Waals surface area contributed by atoms with Gasteiger partial charge in [-0.3, -0.25) is 14.4 Å². The Morgan fingerprint density at radius 3 is 1.35 bits per heavy atom. The number of ether oxygens (including phenoxy) is 3. The van der Waals surface area contributed by atoms with E-state index in [1.165, 1.54) is 89.9 Å². The molecule has 1 atom stereocenters.